The molecule has 0 bridgehead atoms. The van der Waals surface area contributed by atoms with Gasteiger partial charge in [0.15, 0.2) is 0 Å². The van der Waals surface area contributed by atoms with Gasteiger partial charge in [-0.25, -0.2) is 4.79 Å². The minimum Gasteiger partial charge on any atom is -0.469 e. The quantitative estimate of drug-likeness (QED) is 0.196. The molecule has 4 rings (SSSR count). The van der Waals surface area contributed by atoms with E-state index >= 15 is 0 Å². The molecular formula is C32H35F9N2O4. The SMILES string of the molecule is CCN(Cc1ccc(C(F)(F)F)cc1CN1C(=O)O[C@H](c2cc(C(F)(F)F)cc(C(F)(F)F)c2)[C@@H]1C)CC1CCC(C(=O)OC)CC1. The van der Waals surface area contributed by atoms with Gasteiger partial charge in [0.1, 0.15) is 6.10 Å². The molecule has 15 heteroatoms. The summed E-state index contributed by atoms with van der Waals surface area (Å²) in [4.78, 5) is 27.9. The number of nitrogens with zero attached hydrogens (tertiary/aromatic N) is 2. The number of hydrogen-bond donors (Lipinski definition) is 0. The lowest BCUT2D eigenvalue weighted by Gasteiger charge is -2.32. The second-order valence-electron chi connectivity index (χ2n) is 12.1. The van der Waals surface area contributed by atoms with Crippen LogP contribution in [-0.4, -0.2) is 48.1 Å². The molecular weight excluding hydrogens is 647 g/mol. The Bertz CT molecular complexity index is 1400. The maximum Gasteiger partial charge on any atom is 0.416 e. The summed E-state index contributed by atoms with van der Waals surface area (Å²) in [5.74, 6) is -0.192. The molecule has 0 N–H and O–H groups in total. The molecule has 2 fully saturated rings. The summed E-state index contributed by atoms with van der Waals surface area (Å²) >= 11 is 0. The summed E-state index contributed by atoms with van der Waals surface area (Å²) in [6.07, 6.45) is -14.8. The minimum absolute atomic E-state index is 0.0398. The zero-order chi connectivity index (χ0) is 34.9. The number of esters is 1. The molecule has 1 saturated carbocycles. The van der Waals surface area contributed by atoms with Crippen molar-refractivity contribution >= 4 is 12.1 Å². The van der Waals surface area contributed by atoms with Gasteiger partial charge in [0.05, 0.1) is 35.8 Å². The lowest BCUT2D eigenvalue weighted by atomic mass is 9.81. The van der Waals surface area contributed by atoms with Crippen LogP contribution in [0.3, 0.4) is 0 Å². The molecule has 0 radical (unpaired) electrons. The highest BCUT2D eigenvalue weighted by atomic mass is 19.4. The average molecular weight is 683 g/mol. The molecule has 47 heavy (non-hydrogen) atoms. The molecule has 1 aliphatic carbocycles. The highest BCUT2D eigenvalue weighted by Gasteiger charge is 2.44. The largest absolute Gasteiger partial charge is 0.469 e. The fraction of sp³-hybridized carbons (Fsp3) is 0.562. The number of carbonyl (C=O) groups excluding carboxylic acids is 2. The monoisotopic (exact) mass is 682 g/mol. The highest BCUT2D eigenvalue weighted by molar-refractivity contribution is 5.72. The zero-order valence-corrected chi connectivity index (χ0v) is 25.9. The topological polar surface area (TPSA) is 59.1 Å². The van der Waals surface area contributed by atoms with Gasteiger partial charge in [0.25, 0.3) is 0 Å². The first-order valence-corrected chi connectivity index (χ1v) is 15.1. The van der Waals surface area contributed by atoms with Gasteiger partial charge in [-0.05, 0) is 92.1 Å². The Balaban J connectivity index is 1.58. The Morgan fingerprint density at radius 2 is 1.45 bits per heavy atom. The van der Waals surface area contributed by atoms with E-state index in [1.165, 1.54) is 20.1 Å². The summed E-state index contributed by atoms with van der Waals surface area (Å²) in [6, 6.07) is 2.90. The van der Waals surface area contributed by atoms with Crippen molar-refractivity contribution in [3.05, 3.63) is 69.8 Å². The molecule has 1 amide bonds. The van der Waals surface area contributed by atoms with Crippen molar-refractivity contribution in [2.24, 2.45) is 11.8 Å². The average Bonchev–Trinajstić information content (AvgIpc) is 3.28. The van der Waals surface area contributed by atoms with Crippen molar-refractivity contribution in [3.63, 3.8) is 0 Å². The highest BCUT2D eigenvalue weighted by Crippen LogP contribution is 2.42. The molecule has 0 spiro atoms. The van der Waals surface area contributed by atoms with Crippen LogP contribution < -0.4 is 0 Å². The van der Waals surface area contributed by atoms with Crippen LogP contribution in [0.15, 0.2) is 36.4 Å². The van der Waals surface area contributed by atoms with Gasteiger partial charge in [-0.2, -0.15) is 39.5 Å². The van der Waals surface area contributed by atoms with Crippen LogP contribution in [0.5, 0.6) is 0 Å². The number of rotatable bonds is 9. The Labute approximate surface area is 265 Å². The van der Waals surface area contributed by atoms with Crippen LogP contribution in [0, 0.1) is 11.8 Å². The first-order valence-electron chi connectivity index (χ1n) is 15.1. The lowest BCUT2D eigenvalue weighted by molar-refractivity contribution is -0.147. The third kappa shape index (κ3) is 8.71. The molecule has 2 atom stereocenters. The second-order valence-corrected chi connectivity index (χ2v) is 12.1. The third-order valence-electron chi connectivity index (χ3n) is 8.94. The summed E-state index contributed by atoms with van der Waals surface area (Å²) in [5.41, 5.74) is -4.11. The maximum absolute atomic E-state index is 13.7. The van der Waals surface area contributed by atoms with E-state index < -0.39 is 65.6 Å². The van der Waals surface area contributed by atoms with Crippen LogP contribution in [0.2, 0.25) is 0 Å². The molecule has 2 aromatic carbocycles. The molecule has 0 aromatic heterocycles. The van der Waals surface area contributed by atoms with Crippen molar-refractivity contribution in [2.75, 3.05) is 20.2 Å². The molecule has 2 aliphatic rings. The zero-order valence-electron chi connectivity index (χ0n) is 25.9. The van der Waals surface area contributed by atoms with Gasteiger partial charge < -0.3 is 9.47 Å². The number of cyclic esters (lactones) is 1. The van der Waals surface area contributed by atoms with Crippen LogP contribution in [0.1, 0.15) is 79.0 Å². The number of ether oxygens (including phenoxy) is 2. The van der Waals surface area contributed by atoms with E-state index in [1.54, 1.807) is 0 Å². The summed E-state index contributed by atoms with van der Waals surface area (Å²) in [7, 11) is 1.34. The van der Waals surface area contributed by atoms with Crippen LogP contribution in [0.25, 0.3) is 0 Å². The summed E-state index contributed by atoms with van der Waals surface area (Å²) < 4.78 is 132. The number of amides is 1. The molecule has 1 saturated heterocycles. The number of hydrogen-bond acceptors (Lipinski definition) is 5. The second kappa shape index (κ2) is 13.9. The van der Waals surface area contributed by atoms with Crippen molar-refractivity contribution in [3.8, 4) is 0 Å². The van der Waals surface area contributed by atoms with Crippen LogP contribution in [-0.2, 0) is 45.9 Å². The Hall–Kier alpha value is -3.49. The number of carbonyl (C=O) groups is 2. The number of methoxy groups -OCH3 is 1. The molecule has 6 nitrogen and oxygen atoms in total. The van der Waals surface area contributed by atoms with Crippen molar-refractivity contribution in [1.82, 2.24) is 9.80 Å². The lowest BCUT2D eigenvalue weighted by Crippen LogP contribution is -2.34. The van der Waals surface area contributed by atoms with E-state index in [2.05, 4.69) is 0 Å². The Morgan fingerprint density at radius 1 is 0.872 bits per heavy atom. The fourth-order valence-electron chi connectivity index (χ4n) is 6.25. The van der Waals surface area contributed by atoms with E-state index in [4.69, 9.17) is 9.47 Å². The fourth-order valence-corrected chi connectivity index (χ4v) is 6.25. The van der Waals surface area contributed by atoms with Gasteiger partial charge in [-0.1, -0.05) is 13.0 Å². The third-order valence-corrected chi connectivity index (χ3v) is 8.94. The van der Waals surface area contributed by atoms with E-state index in [0.29, 0.717) is 43.6 Å². The van der Waals surface area contributed by atoms with Crippen molar-refractivity contribution in [2.45, 2.75) is 83.3 Å². The predicted molar refractivity (Wildman–Crippen MR) is 151 cm³/mol. The standard InChI is InChI=1S/C32H35F9N2O4/c1-4-42(15-19-5-7-20(8-6-19)28(44)46-3)16-21-9-10-24(30(33,34)35)13-23(21)17-43-18(2)27(47-29(43)45)22-11-25(31(36,37)38)14-26(12-22)32(39,40)41/h9-14,18-20,27H,4-8,15-17H2,1-3H3/t18-,19?,20?,27-/m0/s1. The van der Waals surface area contributed by atoms with Crippen LogP contribution >= 0.6 is 0 Å². The summed E-state index contributed by atoms with van der Waals surface area (Å²) in [5, 5.41) is 0. The Morgan fingerprint density at radius 3 is 1.96 bits per heavy atom. The minimum atomic E-state index is -5.12. The normalized spacial score (nSPS) is 22.5. The molecule has 1 heterocycles. The van der Waals surface area contributed by atoms with Gasteiger partial charge in [-0.15, -0.1) is 0 Å². The van der Waals surface area contributed by atoms with Crippen LogP contribution in [0.4, 0.5) is 44.3 Å². The summed E-state index contributed by atoms with van der Waals surface area (Å²) in [6.45, 7) is 4.16. The molecule has 0 unspecified atom stereocenters. The van der Waals surface area contributed by atoms with E-state index in [0.717, 1.165) is 29.9 Å². The maximum atomic E-state index is 13.7. The van der Waals surface area contributed by atoms with Gasteiger partial charge >= 0.3 is 30.6 Å². The predicted octanol–water partition coefficient (Wildman–Crippen LogP) is 8.63. The first-order chi connectivity index (χ1) is 21.8. The van der Waals surface area contributed by atoms with Gasteiger partial charge in [0, 0.05) is 19.6 Å². The number of alkyl halides is 9. The molecule has 1 aliphatic heterocycles. The van der Waals surface area contributed by atoms with E-state index in [9.17, 15) is 49.1 Å². The number of benzene rings is 2. The van der Waals surface area contributed by atoms with Crippen molar-refractivity contribution < 1.29 is 58.6 Å². The first kappa shape index (κ1) is 36.3. The molecule has 2 aromatic rings. The Kier molecular flexibility index (Phi) is 10.8. The smallest absolute Gasteiger partial charge is 0.416 e. The van der Waals surface area contributed by atoms with E-state index in [-0.39, 0.29) is 36.0 Å². The number of halogens is 9. The van der Waals surface area contributed by atoms with Gasteiger partial charge in [0.2, 0.25) is 0 Å². The van der Waals surface area contributed by atoms with E-state index in [1.807, 2.05) is 11.8 Å². The van der Waals surface area contributed by atoms with Gasteiger partial charge in [-0.3, -0.25) is 14.6 Å². The molecule has 260 valence electrons. The van der Waals surface area contributed by atoms with Crippen molar-refractivity contribution in [1.29, 1.82) is 0 Å².